The van der Waals surface area contributed by atoms with Gasteiger partial charge in [-0.15, -0.1) is 0 Å². The van der Waals surface area contributed by atoms with Crippen LogP contribution in [-0.4, -0.2) is 22.0 Å². The molecular weight excluding hydrogens is 240 g/mol. The first-order valence-corrected chi connectivity index (χ1v) is 5.64. The molecule has 1 amide bonds. The number of aromatic carboxylic acids is 1. The highest BCUT2D eigenvalue weighted by Crippen LogP contribution is 2.11. The maximum Gasteiger partial charge on any atom is 0.354 e. The number of rotatable bonds is 3. The maximum atomic E-state index is 11.6. The normalized spacial score (nSPS) is 9.88. The molecule has 2 heterocycles. The van der Waals surface area contributed by atoms with E-state index in [1.165, 1.54) is 29.7 Å². The topological polar surface area (TPSA) is 79.3 Å². The average Bonchev–Trinajstić information content (AvgIpc) is 2.83. The Balaban J connectivity index is 2.09. The van der Waals surface area contributed by atoms with Gasteiger partial charge >= 0.3 is 5.97 Å². The van der Waals surface area contributed by atoms with Crippen molar-refractivity contribution in [3.05, 3.63) is 46.4 Å². The van der Waals surface area contributed by atoms with Crippen molar-refractivity contribution in [1.29, 1.82) is 0 Å². The van der Waals surface area contributed by atoms with Gasteiger partial charge in [0.2, 0.25) is 0 Å². The predicted octanol–water partition coefficient (Wildman–Crippen LogP) is 2.09. The Hall–Kier alpha value is -2.21. The van der Waals surface area contributed by atoms with E-state index in [4.69, 9.17) is 5.11 Å². The van der Waals surface area contributed by atoms with E-state index < -0.39 is 5.97 Å². The molecular formula is C11H8N2O3S. The Kier molecular flexibility index (Phi) is 3.15. The van der Waals surface area contributed by atoms with Crippen LogP contribution < -0.4 is 5.32 Å². The number of carbonyl (C=O) groups is 2. The van der Waals surface area contributed by atoms with Gasteiger partial charge in [-0.2, -0.15) is 11.3 Å². The summed E-state index contributed by atoms with van der Waals surface area (Å²) in [6.07, 6.45) is 1.31. The van der Waals surface area contributed by atoms with Crippen molar-refractivity contribution in [1.82, 2.24) is 4.98 Å². The average molecular weight is 248 g/mol. The lowest BCUT2D eigenvalue weighted by molar-refractivity contribution is 0.0690. The summed E-state index contributed by atoms with van der Waals surface area (Å²) in [4.78, 5) is 25.9. The Bertz CT molecular complexity index is 534. The molecule has 17 heavy (non-hydrogen) atoms. The SMILES string of the molecule is O=C(Nc1ccc(C(=O)O)nc1)c1ccsc1. The number of thiophene rings is 1. The Labute approximate surface area is 101 Å². The van der Waals surface area contributed by atoms with Crippen molar-refractivity contribution in [3.8, 4) is 0 Å². The van der Waals surface area contributed by atoms with Crippen molar-refractivity contribution in [2.24, 2.45) is 0 Å². The van der Waals surface area contributed by atoms with E-state index in [2.05, 4.69) is 10.3 Å². The van der Waals surface area contributed by atoms with Gasteiger partial charge in [0, 0.05) is 5.38 Å². The lowest BCUT2D eigenvalue weighted by atomic mass is 10.3. The van der Waals surface area contributed by atoms with Crippen LogP contribution in [0.3, 0.4) is 0 Å². The molecule has 0 radical (unpaired) electrons. The second kappa shape index (κ2) is 4.75. The number of amides is 1. The van der Waals surface area contributed by atoms with Gasteiger partial charge in [-0.1, -0.05) is 0 Å². The van der Waals surface area contributed by atoms with Crippen LogP contribution in [-0.2, 0) is 0 Å². The van der Waals surface area contributed by atoms with Crippen molar-refractivity contribution in [2.75, 3.05) is 5.32 Å². The molecule has 0 aliphatic carbocycles. The molecule has 0 fully saturated rings. The quantitative estimate of drug-likeness (QED) is 0.871. The van der Waals surface area contributed by atoms with Crippen LogP contribution in [0.2, 0.25) is 0 Å². The Morgan fingerprint density at radius 3 is 2.65 bits per heavy atom. The summed E-state index contributed by atoms with van der Waals surface area (Å²) >= 11 is 1.43. The second-order valence-electron chi connectivity index (χ2n) is 3.20. The maximum absolute atomic E-state index is 11.6. The summed E-state index contributed by atoms with van der Waals surface area (Å²) < 4.78 is 0. The number of carboxylic acids is 1. The van der Waals surface area contributed by atoms with Crippen molar-refractivity contribution < 1.29 is 14.7 Å². The zero-order chi connectivity index (χ0) is 12.3. The summed E-state index contributed by atoms with van der Waals surface area (Å²) in [5.41, 5.74) is 0.974. The molecule has 0 saturated carbocycles. The Morgan fingerprint density at radius 1 is 1.29 bits per heavy atom. The van der Waals surface area contributed by atoms with Crippen LogP contribution in [0.15, 0.2) is 35.2 Å². The van der Waals surface area contributed by atoms with Crippen LogP contribution in [0.4, 0.5) is 5.69 Å². The molecule has 2 N–H and O–H groups in total. The van der Waals surface area contributed by atoms with E-state index in [-0.39, 0.29) is 11.6 Å². The van der Waals surface area contributed by atoms with Gasteiger partial charge in [0.15, 0.2) is 0 Å². The molecule has 0 aromatic carbocycles. The molecule has 86 valence electrons. The minimum Gasteiger partial charge on any atom is -0.477 e. The van der Waals surface area contributed by atoms with E-state index >= 15 is 0 Å². The number of anilines is 1. The second-order valence-corrected chi connectivity index (χ2v) is 3.98. The molecule has 2 aromatic rings. The first-order chi connectivity index (χ1) is 8.16. The fourth-order valence-electron chi connectivity index (χ4n) is 1.19. The van der Waals surface area contributed by atoms with Gasteiger partial charge in [0.25, 0.3) is 5.91 Å². The molecule has 0 bridgehead atoms. The predicted molar refractivity (Wildman–Crippen MR) is 63.5 cm³/mol. The Morgan fingerprint density at radius 2 is 2.12 bits per heavy atom. The van der Waals surface area contributed by atoms with Crippen molar-refractivity contribution in [2.45, 2.75) is 0 Å². The van der Waals surface area contributed by atoms with E-state index in [0.717, 1.165) is 0 Å². The highest BCUT2D eigenvalue weighted by Gasteiger charge is 2.08. The van der Waals surface area contributed by atoms with Gasteiger partial charge < -0.3 is 10.4 Å². The number of aromatic nitrogens is 1. The van der Waals surface area contributed by atoms with E-state index in [1.54, 1.807) is 16.8 Å². The van der Waals surface area contributed by atoms with E-state index in [9.17, 15) is 9.59 Å². The van der Waals surface area contributed by atoms with Crippen molar-refractivity contribution in [3.63, 3.8) is 0 Å². The number of nitrogens with one attached hydrogen (secondary N) is 1. The van der Waals surface area contributed by atoms with E-state index in [0.29, 0.717) is 11.3 Å². The summed E-state index contributed by atoms with van der Waals surface area (Å²) in [5, 5.41) is 14.8. The molecule has 0 spiro atoms. The van der Waals surface area contributed by atoms with Crippen LogP contribution >= 0.6 is 11.3 Å². The van der Waals surface area contributed by atoms with Gasteiger partial charge in [-0.05, 0) is 23.6 Å². The molecule has 0 aliphatic rings. The third-order valence-electron chi connectivity index (χ3n) is 2.02. The standard InChI is InChI=1S/C11H8N2O3S/c14-10(7-3-4-17-6-7)13-8-1-2-9(11(15)16)12-5-8/h1-6H,(H,13,14)(H,15,16). The molecule has 0 atom stereocenters. The molecule has 5 nitrogen and oxygen atoms in total. The molecule has 0 unspecified atom stereocenters. The minimum atomic E-state index is -1.10. The molecule has 0 saturated heterocycles. The van der Waals surface area contributed by atoms with Crippen LogP contribution in [0, 0.1) is 0 Å². The lowest BCUT2D eigenvalue weighted by Gasteiger charge is -2.03. The monoisotopic (exact) mass is 248 g/mol. The smallest absolute Gasteiger partial charge is 0.354 e. The van der Waals surface area contributed by atoms with Crippen LogP contribution in [0.25, 0.3) is 0 Å². The van der Waals surface area contributed by atoms with Gasteiger partial charge in [0.05, 0.1) is 17.4 Å². The van der Waals surface area contributed by atoms with Gasteiger partial charge in [-0.3, -0.25) is 4.79 Å². The summed E-state index contributed by atoms with van der Waals surface area (Å²) in [6.45, 7) is 0. The number of pyridine rings is 1. The third kappa shape index (κ3) is 2.67. The summed E-state index contributed by atoms with van der Waals surface area (Å²) in [6, 6.07) is 4.55. The third-order valence-corrected chi connectivity index (χ3v) is 2.71. The van der Waals surface area contributed by atoms with Gasteiger partial charge in [-0.25, -0.2) is 9.78 Å². The number of carbonyl (C=O) groups excluding carboxylic acids is 1. The van der Waals surface area contributed by atoms with Crippen LogP contribution in [0.1, 0.15) is 20.8 Å². The first kappa shape index (κ1) is 11.3. The molecule has 2 aromatic heterocycles. The van der Waals surface area contributed by atoms with E-state index in [1.807, 2.05) is 0 Å². The number of nitrogens with zero attached hydrogens (tertiary/aromatic N) is 1. The fraction of sp³-hybridized carbons (Fsp3) is 0. The zero-order valence-electron chi connectivity index (χ0n) is 8.58. The highest BCUT2D eigenvalue weighted by atomic mass is 32.1. The summed E-state index contributed by atoms with van der Waals surface area (Å²) in [7, 11) is 0. The van der Waals surface area contributed by atoms with Crippen molar-refractivity contribution >= 4 is 28.9 Å². The largest absolute Gasteiger partial charge is 0.477 e. The van der Waals surface area contributed by atoms with Gasteiger partial charge in [0.1, 0.15) is 5.69 Å². The zero-order valence-corrected chi connectivity index (χ0v) is 9.40. The highest BCUT2D eigenvalue weighted by molar-refractivity contribution is 7.08. The number of hydrogen-bond donors (Lipinski definition) is 2. The molecule has 0 aliphatic heterocycles. The fourth-order valence-corrected chi connectivity index (χ4v) is 1.83. The summed E-state index contributed by atoms with van der Waals surface area (Å²) in [5.74, 6) is -1.34. The van der Waals surface area contributed by atoms with Crippen LogP contribution in [0.5, 0.6) is 0 Å². The first-order valence-electron chi connectivity index (χ1n) is 4.70. The minimum absolute atomic E-state index is 0.0569. The lowest BCUT2D eigenvalue weighted by Crippen LogP contribution is -2.11. The number of carboxylic acid groups (broad SMARTS) is 1. The molecule has 6 heteroatoms. The number of hydrogen-bond acceptors (Lipinski definition) is 4. The molecule has 2 rings (SSSR count).